The van der Waals surface area contributed by atoms with Crippen LogP contribution in [0.4, 0.5) is 0 Å². The first-order valence-electron chi connectivity index (χ1n) is 5.07. The lowest BCUT2D eigenvalue weighted by Crippen LogP contribution is -2.33. The third-order valence-electron chi connectivity index (χ3n) is 3.50. The van der Waals surface area contributed by atoms with E-state index in [4.69, 9.17) is 4.74 Å². The monoisotopic (exact) mass is 180 g/mol. The van der Waals surface area contributed by atoms with Crippen molar-refractivity contribution in [3.8, 4) is 0 Å². The molecule has 1 fully saturated rings. The second kappa shape index (κ2) is 2.86. The molecule has 2 nitrogen and oxygen atoms in total. The first kappa shape index (κ1) is 8.79. The summed E-state index contributed by atoms with van der Waals surface area (Å²) in [5.41, 5.74) is 1.82. The molecule has 0 saturated heterocycles. The number of hydrogen-bond acceptors (Lipinski definition) is 2. The first-order valence-corrected chi connectivity index (χ1v) is 5.07. The molecule has 1 aliphatic carbocycles. The predicted octanol–water partition coefficient (Wildman–Crippen LogP) is 2.58. The Morgan fingerprint density at radius 2 is 1.77 bits per heavy atom. The van der Waals surface area contributed by atoms with Crippen LogP contribution in [0.2, 0.25) is 0 Å². The second-order valence-electron chi connectivity index (χ2n) is 4.19. The van der Waals surface area contributed by atoms with Crippen molar-refractivity contribution in [1.29, 1.82) is 0 Å². The molecule has 1 spiro atoms. The van der Waals surface area contributed by atoms with Crippen molar-refractivity contribution in [2.75, 3.05) is 0 Å². The van der Waals surface area contributed by atoms with E-state index >= 15 is 0 Å². The number of carbonyl (C=O) groups is 1. The van der Waals surface area contributed by atoms with Gasteiger partial charge < -0.3 is 4.74 Å². The van der Waals surface area contributed by atoms with Crippen molar-refractivity contribution < 1.29 is 9.53 Å². The smallest absolute Gasteiger partial charge is 0.334 e. The fourth-order valence-electron chi connectivity index (χ4n) is 2.43. The molecule has 13 heavy (non-hydrogen) atoms. The molecule has 0 aromatic carbocycles. The van der Waals surface area contributed by atoms with Gasteiger partial charge in [0.25, 0.3) is 0 Å². The van der Waals surface area contributed by atoms with Crippen molar-refractivity contribution in [1.82, 2.24) is 0 Å². The molecule has 2 rings (SSSR count). The number of hydrogen-bond donors (Lipinski definition) is 0. The van der Waals surface area contributed by atoms with Gasteiger partial charge in [-0.2, -0.15) is 0 Å². The van der Waals surface area contributed by atoms with Crippen molar-refractivity contribution in [3.05, 3.63) is 11.1 Å². The van der Waals surface area contributed by atoms with Gasteiger partial charge in [0, 0.05) is 5.57 Å². The van der Waals surface area contributed by atoms with Gasteiger partial charge in [0.15, 0.2) is 0 Å². The summed E-state index contributed by atoms with van der Waals surface area (Å²) < 4.78 is 5.50. The molecule has 0 amide bonds. The average molecular weight is 180 g/mol. The van der Waals surface area contributed by atoms with E-state index in [1.54, 1.807) is 0 Å². The van der Waals surface area contributed by atoms with Crippen LogP contribution in [-0.2, 0) is 9.53 Å². The van der Waals surface area contributed by atoms with E-state index in [0.717, 1.165) is 18.4 Å². The summed E-state index contributed by atoms with van der Waals surface area (Å²) in [6, 6.07) is 0. The van der Waals surface area contributed by atoms with Gasteiger partial charge in [0.05, 0.1) is 0 Å². The van der Waals surface area contributed by atoms with Crippen LogP contribution in [-0.4, -0.2) is 11.6 Å². The van der Waals surface area contributed by atoms with Crippen molar-refractivity contribution in [2.24, 2.45) is 0 Å². The average Bonchev–Trinajstić information content (AvgIpc) is 2.33. The zero-order valence-corrected chi connectivity index (χ0v) is 8.35. The molecule has 0 unspecified atom stereocenters. The van der Waals surface area contributed by atoms with E-state index < -0.39 is 0 Å². The summed E-state index contributed by atoms with van der Waals surface area (Å²) in [7, 11) is 0. The molecular formula is C11H16O2. The fraction of sp³-hybridized carbons (Fsp3) is 0.727. The third kappa shape index (κ3) is 1.19. The highest BCUT2D eigenvalue weighted by Gasteiger charge is 2.44. The zero-order valence-electron chi connectivity index (χ0n) is 8.35. The summed E-state index contributed by atoms with van der Waals surface area (Å²) in [6.45, 7) is 3.92. The minimum atomic E-state index is -0.195. The normalized spacial score (nSPS) is 26.8. The van der Waals surface area contributed by atoms with Gasteiger partial charge in [-0.15, -0.1) is 0 Å². The van der Waals surface area contributed by atoms with Crippen LogP contribution in [0.15, 0.2) is 11.1 Å². The molecule has 1 saturated carbocycles. The summed E-state index contributed by atoms with van der Waals surface area (Å²) in [6.07, 6.45) is 5.73. The summed E-state index contributed by atoms with van der Waals surface area (Å²) >= 11 is 0. The Hall–Kier alpha value is -0.790. The number of carbonyl (C=O) groups excluding carboxylic acids is 1. The van der Waals surface area contributed by atoms with Crippen LogP contribution in [0.3, 0.4) is 0 Å². The maximum atomic E-state index is 11.4. The second-order valence-corrected chi connectivity index (χ2v) is 4.19. The highest BCUT2D eigenvalue weighted by molar-refractivity contribution is 5.92. The number of ether oxygens (including phenoxy) is 1. The predicted molar refractivity (Wildman–Crippen MR) is 50.3 cm³/mol. The maximum Gasteiger partial charge on any atom is 0.334 e. The maximum absolute atomic E-state index is 11.4. The summed E-state index contributed by atoms with van der Waals surface area (Å²) in [5, 5.41) is 0. The van der Waals surface area contributed by atoms with E-state index in [1.165, 1.54) is 24.8 Å². The Morgan fingerprint density at radius 1 is 1.15 bits per heavy atom. The van der Waals surface area contributed by atoms with Crippen molar-refractivity contribution >= 4 is 5.97 Å². The van der Waals surface area contributed by atoms with Gasteiger partial charge in [-0.3, -0.25) is 0 Å². The van der Waals surface area contributed by atoms with Crippen LogP contribution in [0.1, 0.15) is 46.0 Å². The SMILES string of the molecule is CC1=C(C)C2(CCCCC2)OC1=O. The van der Waals surface area contributed by atoms with E-state index in [1.807, 2.05) is 13.8 Å². The van der Waals surface area contributed by atoms with E-state index in [9.17, 15) is 4.79 Å². The molecule has 0 atom stereocenters. The Kier molecular flexibility index (Phi) is 1.94. The lowest BCUT2D eigenvalue weighted by Gasteiger charge is -2.33. The molecule has 2 aliphatic rings. The van der Waals surface area contributed by atoms with Crippen LogP contribution < -0.4 is 0 Å². The number of esters is 1. The Morgan fingerprint density at radius 3 is 2.23 bits per heavy atom. The molecular weight excluding hydrogens is 164 g/mol. The zero-order chi connectivity index (χ0) is 9.47. The van der Waals surface area contributed by atoms with Crippen LogP contribution in [0, 0.1) is 0 Å². The largest absolute Gasteiger partial charge is 0.451 e. The van der Waals surface area contributed by atoms with Gasteiger partial charge in [0.1, 0.15) is 5.60 Å². The molecule has 0 radical (unpaired) electrons. The highest BCUT2D eigenvalue weighted by Crippen LogP contribution is 2.43. The van der Waals surface area contributed by atoms with Crippen molar-refractivity contribution in [2.45, 2.75) is 51.6 Å². The topological polar surface area (TPSA) is 26.3 Å². The number of rotatable bonds is 0. The fourth-order valence-corrected chi connectivity index (χ4v) is 2.43. The molecule has 0 N–H and O–H groups in total. The lowest BCUT2D eigenvalue weighted by molar-refractivity contribution is -0.149. The highest BCUT2D eigenvalue weighted by atomic mass is 16.6. The molecule has 1 aliphatic heterocycles. The molecule has 2 heteroatoms. The molecule has 0 aromatic rings. The van der Waals surface area contributed by atoms with Crippen LogP contribution in [0.5, 0.6) is 0 Å². The van der Waals surface area contributed by atoms with E-state index in [-0.39, 0.29) is 11.6 Å². The third-order valence-corrected chi connectivity index (χ3v) is 3.50. The van der Waals surface area contributed by atoms with Gasteiger partial charge in [-0.1, -0.05) is 6.42 Å². The summed E-state index contributed by atoms with van der Waals surface area (Å²) in [5.74, 6) is -0.0978. The van der Waals surface area contributed by atoms with Gasteiger partial charge in [0.2, 0.25) is 0 Å². The van der Waals surface area contributed by atoms with Gasteiger partial charge >= 0.3 is 5.97 Å². The van der Waals surface area contributed by atoms with E-state index in [0.29, 0.717) is 0 Å². The molecule has 1 heterocycles. The minimum Gasteiger partial charge on any atom is -0.451 e. The van der Waals surface area contributed by atoms with Crippen molar-refractivity contribution in [3.63, 3.8) is 0 Å². The molecule has 72 valence electrons. The molecule has 0 bridgehead atoms. The Balaban J connectivity index is 2.30. The molecule has 0 aromatic heterocycles. The van der Waals surface area contributed by atoms with Gasteiger partial charge in [-0.25, -0.2) is 4.79 Å². The summed E-state index contributed by atoms with van der Waals surface area (Å²) in [4.78, 5) is 11.4. The Labute approximate surface area is 79.0 Å². The Bertz CT molecular complexity index is 270. The standard InChI is InChI=1S/C11H16O2/c1-8-9(2)11(13-10(8)12)6-4-3-5-7-11/h3-7H2,1-2H3. The van der Waals surface area contributed by atoms with Crippen LogP contribution in [0.25, 0.3) is 0 Å². The van der Waals surface area contributed by atoms with E-state index in [2.05, 4.69) is 0 Å². The van der Waals surface area contributed by atoms with Gasteiger partial charge in [-0.05, 0) is 45.1 Å². The first-order chi connectivity index (χ1) is 6.16. The van der Waals surface area contributed by atoms with Crippen LogP contribution >= 0.6 is 0 Å². The quantitative estimate of drug-likeness (QED) is 0.535. The lowest BCUT2D eigenvalue weighted by atomic mass is 9.80. The minimum absolute atomic E-state index is 0.0978.